The fourth-order valence-electron chi connectivity index (χ4n) is 2.91. The predicted octanol–water partition coefficient (Wildman–Crippen LogP) is 1.99. The molecule has 0 saturated carbocycles. The lowest BCUT2D eigenvalue weighted by Gasteiger charge is -2.31. The van der Waals surface area contributed by atoms with Crippen molar-refractivity contribution in [1.82, 2.24) is 9.55 Å². The molecule has 0 amide bonds. The number of hydrogen-bond donors (Lipinski definition) is 1. The highest BCUT2D eigenvalue weighted by atomic mass is 32.2. The van der Waals surface area contributed by atoms with Crippen molar-refractivity contribution in [2.24, 2.45) is 5.14 Å². The van der Waals surface area contributed by atoms with Gasteiger partial charge in [-0.1, -0.05) is 38.1 Å². The molecule has 2 N–H and O–H groups in total. The minimum atomic E-state index is -3.75. The number of aromatic nitrogens is 2. The van der Waals surface area contributed by atoms with E-state index in [9.17, 15) is 8.42 Å². The lowest BCUT2D eigenvalue weighted by molar-refractivity contribution is 0.488. The Morgan fingerprint density at radius 3 is 2.71 bits per heavy atom. The van der Waals surface area contributed by atoms with E-state index in [4.69, 9.17) is 5.14 Å². The fourth-order valence-corrected chi connectivity index (χ4v) is 3.41. The number of sulfonamides is 1. The average molecular weight is 305 g/mol. The molecule has 2 aromatic rings. The summed E-state index contributed by atoms with van der Waals surface area (Å²) in [6.45, 7) is 4.74. The van der Waals surface area contributed by atoms with Crippen molar-refractivity contribution in [2.75, 3.05) is 0 Å². The van der Waals surface area contributed by atoms with Crippen LogP contribution in [-0.2, 0) is 23.0 Å². The Kier molecular flexibility index (Phi) is 3.37. The highest BCUT2D eigenvalue weighted by Crippen LogP contribution is 2.36. The molecule has 5 nitrogen and oxygen atoms in total. The third kappa shape index (κ3) is 2.61. The smallest absolute Gasteiger partial charge is 0.257 e. The number of benzene rings is 1. The lowest BCUT2D eigenvalue weighted by Crippen LogP contribution is -2.22. The molecular weight excluding hydrogens is 286 g/mol. The molecule has 0 fully saturated rings. The van der Waals surface area contributed by atoms with Gasteiger partial charge in [0.1, 0.15) is 5.82 Å². The molecule has 1 heterocycles. The Labute approximate surface area is 124 Å². The van der Waals surface area contributed by atoms with Gasteiger partial charge in [0.05, 0.1) is 0 Å². The van der Waals surface area contributed by atoms with Crippen LogP contribution in [0.4, 0.5) is 0 Å². The van der Waals surface area contributed by atoms with Crippen molar-refractivity contribution in [3.05, 3.63) is 47.4 Å². The minimum absolute atomic E-state index is 0.0428. The third-order valence-electron chi connectivity index (χ3n) is 3.97. The quantitative estimate of drug-likeness (QED) is 0.938. The van der Waals surface area contributed by atoms with E-state index < -0.39 is 10.0 Å². The van der Waals surface area contributed by atoms with Crippen LogP contribution < -0.4 is 5.14 Å². The number of fused-ring (bicyclic) bond motifs is 1. The molecule has 21 heavy (non-hydrogen) atoms. The van der Waals surface area contributed by atoms with Gasteiger partial charge in [-0.15, -0.1) is 0 Å². The zero-order valence-corrected chi connectivity index (χ0v) is 13.0. The van der Waals surface area contributed by atoms with Crippen LogP contribution >= 0.6 is 0 Å². The van der Waals surface area contributed by atoms with E-state index in [1.807, 2.05) is 30.5 Å². The fraction of sp³-hybridized carbons (Fsp3) is 0.400. The molecule has 0 spiro atoms. The van der Waals surface area contributed by atoms with Crippen LogP contribution in [0.3, 0.4) is 0 Å². The van der Waals surface area contributed by atoms with Crippen LogP contribution in [0.5, 0.6) is 0 Å². The second-order valence-corrected chi connectivity index (χ2v) is 7.40. The average Bonchev–Trinajstić information content (AvgIpc) is 2.80. The van der Waals surface area contributed by atoms with Crippen LogP contribution in [0.15, 0.2) is 35.5 Å². The Bertz CT molecular complexity index is 778. The molecule has 6 heteroatoms. The number of hydrogen-bond acceptors (Lipinski definition) is 3. The molecule has 1 aliphatic rings. The van der Waals surface area contributed by atoms with Gasteiger partial charge in [-0.2, -0.15) is 0 Å². The number of nitrogens with two attached hydrogens (primary N) is 1. The van der Waals surface area contributed by atoms with E-state index in [1.54, 1.807) is 6.20 Å². The molecule has 0 aliphatic heterocycles. The Hall–Kier alpha value is -1.66. The van der Waals surface area contributed by atoms with E-state index in [-0.39, 0.29) is 10.9 Å². The molecule has 1 atom stereocenters. The number of imidazole rings is 1. The highest BCUT2D eigenvalue weighted by Gasteiger charge is 2.27. The van der Waals surface area contributed by atoms with E-state index >= 15 is 0 Å². The molecule has 0 radical (unpaired) electrons. The molecular formula is C15H19N3O2S. The summed E-state index contributed by atoms with van der Waals surface area (Å²) in [6, 6.07) is 8.36. The first kappa shape index (κ1) is 14.3. The van der Waals surface area contributed by atoms with Gasteiger partial charge in [0.15, 0.2) is 5.03 Å². The van der Waals surface area contributed by atoms with Crippen molar-refractivity contribution in [3.63, 3.8) is 0 Å². The topological polar surface area (TPSA) is 78.0 Å². The first-order valence-electron chi connectivity index (χ1n) is 7.04. The SMILES string of the molecule is CC(C)c1nc(S(N)(=O)=O)cn1CC1Cc2ccccc21. The van der Waals surface area contributed by atoms with E-state index in [1.165, 1.54) is 11.1 Å². The van der Waals surface area contributed by atoms with Gasteiger partial charge in [0.2, 0.25) is 0 Å². The largest absolute Gasteiger partial charge is 0.333 e. The van der Waals surface area contributed by atoms with Gasteiger partial charge in [-0.3, -0.25) is 0 Å². The summed E-state index contributed by atoms with van der Waals surface area (Å²) in [6.07, 6.45) is 2.59. The van der Waals surface area contributed by atoms with Gasteiger partial charge in [-0.05, 0) is 17.5 Å². The zero-order chi connectivity index (χ0) is 15.2. The lowest BCUT2D eigenvalue weighted by atomic mass is 9.77. The molecule has 112 valence electrons. The van der Waals surface area contributed by atoms with Crippen LogP contribution in [0.1, 0.15) is 42.6 Å². The van der Waals surface area contributed by atoms with Crippen LogP contribution in [0, 0.1) is 0 Å². The molecule has 3 rings (SSSR count). The zero-order valence-electron chi connectivity index (χ0n) is 12.2. The number of primary sulfonamides is 1. The maximum absolute atomic E-state index is 11.5. The summed E-state index contributed by atoms with van der Waals surface area (Å²) in [5.74, 6) is 1.33. The second-order valence-electron chi connectivity index (χ2n) is 5.89. The molecule has 1 aromatic carbocycles. The van der Waals surface area contributed by atoms with Crippen LogP contribution in [-0.4, -0.2) is 18.0 Å². The standard InChI is InChI=1S/C15H19N3O2S/c1-10(2)15-17-14(21(16,19)20)9-18(15)8-12-7-11-5-3-4-6-13(11)12/h3-6,9-10,12H,7-8H2,1-2H3,(H2,16,19,20). The predicted molar refractivity (Wildman–Crippen MR) is 80.6 cm³/mol. The van der Waals surface area contributed by atoms with Crippen molar-refractivity contribution in [1.29, 1.82) is 0 Å². The summed E-state index contributed by atoms with van der Waals surface area (Å²) in [5, 5.41) is 5.15. The van der Waals surface area contributed by atoms with Crippen molar-refractivity contribution in [2.45, 2.75) is 43.7 Å². The highest BCUT2D eigenvalue weighted by molar-refractivity contribution is 7.89. The van der Waals surface area contributed by atoms with Gasteiger partial charge < -0.3 is 4.57 Å². The normalized spacial score (nSPS) is 17.6. The third-order valence-corrected chi connectivity index (χ3v) is 4.75. The summed E-state index contributed by atoms with van der Waals surface area (Å²) in [7, 11) is -3.75. The number of nitrogens with zero attached hydrogens (tertiary/aromatic N) is 2. The van der Waals surface area contributed by atoms with Crippen molar-refractivity contribution in [3.8, 4) is 0 Å². The van der Waals surface area contributed by atoms with Crippen molar-refractivity contribution < 1.29 is 8.42 Å². The maximum Gasteiger partial charge on any atom is 0.257 e. The van der Waals surface area contributed by atoms with Crippen LogP contribution in [0.25, 0.3) is 0 Å². The van der Waals surface area contributed by atoms with Crippen LogP contribution in [0.2, 0.25) is 0 Å². The number of rotatable bonds is 4. The van der Waals surface area contributed by atoms with E-state index in [0.717, 1.165) is 18.8 Å². The maximum atomic E-state index is 11.5. The molecule has 1 aliphatic carbocycles. The minimum Gasteiger partial charge on any atom is -0.333 e. The first-order chi connectivity index (χ1) is 9.86. The monoisotopic (exact) mass is 305 g/mol. The Balaban J connectivity index is 1.91. The summed E-state index contributed by atoms with van der Waals surface area (Å²) < 4.78 is 24.9. The second kappa shape index (κ2) is 4.96. The Morgan fingerprint density at radius 1 is 1.38 bits per heavy atom. The molecule has 1 aromatic heterocycles. The first-order valence-corrected chi connectivity index (χ1v) is 8.58. The summed E-state index contributed by atoms with van der Waals surface area (Å²) >= 11 is 0. The molecule has 0 bridgehead atoms. The molecule has 0 saturated heterocycles. The van der Waals surface area contributed by atoms with Crippen molar-refractivity contribution >= 4 is 10.0 Å². The Morgan fingerprint density at radius 2 is 2.10 bits per heavy atom. The summed E-state index contributed by atoms with van der Waals surface area (Å²) in [4.78, 5) is 4.20. The van der Waals surface area contributed by atoms with Gasteiger partial charge in [-0.25, -0.2) is 18.5 Å². The van der Waals surface area contributed by atoms with Gasteiger partial charge in [0.25, 0.3) is 10.0 Å². The van der Waals surface area contributed by atoms with E-state index in [0.29, 0.717) is 5.92 Å². The summed E-state index contributed by atoms with van der Waals surface area (Å²) in [5.41, 5.74) is 2.72. The van der Waals surface area contributed by atoms with Gasteiger partial charge in [0, 0.05) is 24.6 Å². The molecule has 1 unspecified atom stereocenters. The van der Waals surface area contributed by atoms with Gasteiger partial charge >= 0.3 is 0 Å². The van der Waals surface area contributed by atoms with E-state index in [2.05, 4.69) is 17.1 Å².